The molecule has 146 valence electrons. The highest BCUT2D eigenvalue weighted by Gasteiger charge is 2.19. The predicted octanol–water partition coefficient (Wildman–Crippen LogP) is 6.55. The molecule has 0 aliphatic carbocycles. The average molecular weight is 453 g/mol. The fourth-order valence-electron chi connectivity index (χ4n) is 2.69. The molecule has 2 aromatic carbocycles. The molecule has 1 aromatic heterocycles. The van der Waals surface area contributed by atoms with Gasteiger partial charge in [0.1, 0.15) is 10.6 Å². The van der Waals surface area contributed by atoms with Crippen LogP contribution in [0.2, 0.25) is 10.0 Å². The minimum atomic E-state index is -0.419. The fraction of sp³-hybridized carbons (Fsp3) is 0.200. The highest BCUT2D eigenvalue weighted by Crippen LogP contribution is 2.36. The number of amides is 1. The zero-order valence-electron chi connectivity index (χ0n) is 15.2. The van der Waals surface area contributed by atoms with E-state index < -0.39 is 5.91 Å². The Bertz CT molecular complexity index is 1070. The Morgan fingerprint density at radius 3 is 2.71 bits per heavy atom. The second-order valence-electron chi connectivity index (χ2n) is 6.38. The third-order valence-electron chi connectivity index (χ3n) is 4.48. The number of carbonyl (C=O) groups excluding carboxylic acids is 1. The Kier molecular flexibility index (Phi) is 6.45. The molecule has 3 N–H and O–H groups in total. The van der Waals surface area contributed by atoms with Crippen molar-refractivity contribution in [3.63, 3.8) is 0 Å². The fourth-order valence-corrected chi connectivity index (χ4v) is 4.59. The van der Waals surface area contributed by atoms with E-state index in [-0.39, 0.29) is 10.9 Å². The van der Waals surface area contributed by atoms with Crippen molar-refractivity contribution in [1.29, 1.82) is 0 Å². The number of aromatic hydroxyl groups is 1. The van der Waals surface area contributed by atoms with Crippen LogP contribution in [0, 0.1) is 0 Å². The molecule has 1 atom stereocenters. The first kappa shape index (κ1) is 20.9. The number of fused-ring (bicyclic) bond motifs is 1. The number of thiocarbonyl (C=S) groups is 1. The Balaban J connectivity index is 1.77. The van der Waals surface area contributed by atoms with Crippen LogP contribution in [0.3, 0.4) is 0 Å². The van der Waals surface area contributed by atoms with E-state index in [1.807, 2.05) is 12.1 Å². The highest BCUT2D eigenvalue weighted by atomic mass is 35.5. The molecule has 28 heavy (non-hydrogen) atoms. The van der Waals surface area contributed by atoms with E-state index in [0.29, 0.717) is 26.5 Å². The first-order chi connectivity index (χ1) is 13.3. The summed E-state index contributed by atoms with van der Waals surface area (Å²) in [7, 11) is 0. The Labute approximate surface area is 182 Å². The summed E-state index contributed by atoms with van der Waals surface area (Å²) in [5.74, 6) is -0.0240. The summed E-state index contributed by atoms with van der Waals surface area (Å²) in [6.45, 7) is 4.20. The van der Waals surface area contributed by atoms with Gasteiger partial charge in [-0.2, -0.15) is 0 Å². The number of hydrogen-bond donors (Lipinski definition) is 3. The van der Waals surface area contributed by atoms with Gasteiger partial charge in [0.25, 0.3) is 5.91 Å². The largest absolute Gasteiger partial charge is 0.506 e. The van der Waals surface area contributed by atoms with E-state index in [1.165, 1.54) is 11.3 Å². The summed E-state index contributed by atoms with van der Waals surface area (Å²) < 4.78 is 0.820. The van der Waals surface area contributed by atoms with Gasteiger partial charge in [0.05, 0.1) is 10.7 Å². The number of rotatable bonds is 4. The molecule has 4 nitrogen and oxygen atoms in total. The Morgan fingerprint density at radius 2 is 2.00 bits per heavy atom. The summed E-state index contributed by atoms with van der Waals surface area (Å²) in [4.78, 5) is 13.0. The molecule has 0 saturated carbocycles. The van der Waals surface area contributed by atoms with Crippen molar-refractivity contribution in [3.05, 3.63) is 56.9 Å². The maximum atomic E-state index is 12.6. The average Bonchev–Trinajstić information content (AvgIpc) is 2.98. The highest BCUT2D eigenvalue weighted by molar-refractivity contribution is 7.80. The molecular formula is C20H18Cl2N2O2S2. The van der Waals surface area contributed by atoms with Gasteiger partial charge >= 0.3 is 0 Å². The zero-order valence-corrected chi connectivity index (χ0v) is 18.3. The standard InChI is InChI=1S/C20H18Cl2N2O2S2/c1-3-10(2)11-4-7-15(25)14(8-11)23-20(27)24-19(26)18-17(22)13-6-5-12(21)9-16(13)28-18/h4-10,25H,3H2,1-2H3,(H2,23,24,26,27)/t10-/m1/s1. The number of phenolic OH excluding ortho intramolecular Hbond substituents is 1. The summed E-state index contributed by atoms with van der Waals surface area (Å²) in [5, 5.41) is 17.4. The molecule has 3 rings (SSSR count). The van der Waals surface area contributed by atoms with Crippen molar-refractivity contribution < 1.29 is 9.90 Å². The van der Waals surface area contributed by atoms with Gasteiger partial charge in [-0.3, -0.25) is 10.1 Å². The van der Waals surface area contributed by atoms with Crippen LogP contribution in [0.1, 0.15) is 41.4 Å². The lowest BCUT2D eigenvalue weighted by atomic mass is 9.98. The van der Waals surface area contributed by atoms with E-state index in [2.05, 4.69) is 24.5 Å². The van der Waals surface area contributed by atoms with Gasteiger partial charge in [0, 0.05) is 15.1 Å². The molecule has 0 aliphatic rings. The number of anilines is 1. The van der Waals surface area contributed by atoms with Crippen molar-refractivity contribution in [1.82, 2.24) is 5.32 Å². The maximum absolute atomic E-state index is 12.6. The number of nitrogens with one attached hydrogen (secondary N) is 2. The minimum absolute atomic E-state index is 0.0539. The van der Waals surface area contributed by atoms with Gasteiger partial charge in [-0.1, -0.05) is 49.2 Å². The minimum Gasteiger partial charge on any atom is -0.506 e. The SMILES string of the molecule is CC[C@@H](C)c1ccc(O)c(NC(=S)NC(=O)c2sc3cc(Cl)ccc3c2Cl)c1. The van der Waals surface area contributed by atoms with E-state index in [0.717, 1.165) is 22.1 Å². The third-order valence-corrected chi connectivity index (χ3v) is 6.57. The Hall–Kier alpha value is -1.86. The molecule has 0 saturated heterocycles. The van der Waals surface area contributed by atoms with Crippen molar-refractivity contribution in [2.45, 2.75) is 26.2 Å². The topological polar surface area (TPSA) is 61.4 Å². The molecule has 0 fully saturated rings. The third kappa shape index (κ3) is 4.41. The van der Waals surface area contributed by atoms with Crippen LogP contribution in [0.4, 0.5) is 5.69 Å². The summed E-state index contributed by atoms with van der Waals surface area (Å²) >= 11 is 18.8. The van der Waals surface area contributed by atoms with E-state index in [4.69, 9.17) is 35.4 Å². The van der Waals surface area contributed by atoms with Crippen molar-refractivity contribution in [3.8, 4) is 5.75 Å². The van der Waals surface area contributed by atoms with E-state index >= 15 is 0 Å². The molecule has 0 unspecified atom stereocenters. The van der Waals surface area contributed by atoms with Gasteiger partial charge in [-0.25, -0.2) is 0 Å². The van der Waals surface area contributed by atoms with Crippen molar-refractivity contribution in [2.24, 2.45) is 0 Å². The predicted molar refractivity (Wildman–Crippen MR) is 122 cm³/mol. The van der Waals surface area contributed by atoms with E-state index in [9.17, 15) is 9.90 Å². The summed E-state index contributed by atoms with van der Waals surface area (Å²) in [6.07, 6.45) is 0.972. The first-order valence-corrected chi connectivity index (χ1v) is 10.6. The number of hydrogen-bond acceptors (Lipinski definition) is 4. The smallest absolute Gasteiger partial charge is 0.269 e. The quantitative estimate of drug-likeness (QED) is 0.310. The number of carbonyl (C=O) groups is 1. The summed E-state index contributed by atoms with van der Waals surface area (Å²) in [6, 6.07) is 10.6. The maximum Gasteiger partial charge on any atom is 0.269 e. The van der Waals surface area contributed by atoms with Crippen LogP contribution < -0.4 is 10.6 Å². The summed E-state index contributed by atoms with van der Waals surface area (Å²) in [5.41, 5.74) is 1.51. The normalized spacial score (nSPS) is 12.0. The number of phenols is 1. The molecule has 3 aromatic rings. The van der Waals surface area contributed by atoms with Gasteiger partial charge in [0.15, 0.2) is 5.11 Å². The lowest BCUT2D eigenvalue weighted by molar-refractivity contribution is 0.0982. The molecule has 0 bridgehead atoms. The van der Waals surface area contributed by atoms with Gasteiger partial charge < -0.3 is 10.4 Å². The zero-order chi connectivity index (χ0) is 20.4. The van der Waals surface area contributed by atoms with Gasteiger partial charge in [0.2, 0.25) is 0 Å². The number of benzene rings is 2. The van der Waals surface area contributed by atoms with Crippen LogP contribution >= 0.6 is 46.8 Å². The van der Waals surface area contributed by atoms with Crippen LogP contribution in [-0.2, 0) is 0 Å². The molecular weight excluding hydrogens is 435 g/mol. The van der Waals surface area contributed by atoms with Crippen LogP contribution in [0.5, 0.6) is 5.75 Å². The molecule has 0 radical (unpaired) electrons. The van der Waals surface area contributed by atoms with Crippen LogP contribution in [0.25, 0.3) is 10.1 Å². The second-order valence-corrected chi connectivity index (χ2v) is 8.65. The lowest BCUT2D eigenvalue weighted by Gasteiger charge is -2.14. The monoisotopic (exact) mass is 452 g/mol. The van der Waals surface area contributed by atoms with Gasteiger partial charge in [-0.05, 0) is 54.4 Å². The van der Waals surface area contributed by atoms with Gasteiger partial charge in [-0.15, -0.1) is 11.3 Å². The lowest BCUT2D eigenvalue weighted by Crippen LogP contribution is -2.33. The first-order valence-electron chi connectivity index (χ1n) is 8.63. The molecule has 8 heteroatoms. The van der Waals surface area contributed by atoms with E-state index in [1.54, 1.807) is 24.3 Å². The number of halogens is 2. The molecule has 0 spiro atoms. The second kappa shape index (κ2) is 8.66. The Morgan fingerprint density at radius 1 is 1.25 bits per heavy atom. The van der Waals surface area contributed by atoms with Crippen molar-refractivity contribution >= 4 is 73.5 Å². The molecule has 1 heterocycles. The van der Waals surface area contributed by atoms with Crippen LogP contribution in [0.15, 0.2) is 36.4 Å². The van der Waals surface area contributed by atoms with Crippen LogP contribution in [-0.4, -0.2) is 16.1 Å². The molecule has 1 amide bonds. The number of thiophene rings is 1. The molecule has 0 aliphatic heterocycles. The van der Waals surface area contributed by atoms with Crippen molar-refractivity contribution in [2.75, 3.05) is 5.32 Å².